The van der Waals surface area contributed by atoms with E-state index in [1.54, 1.807) is 6.92 Å². The molecule has 160 valence electrons. The number of carbonyl (C=O) groups excluding carboxylic acids is 1. The Morgan fingerprint density at radius 2 is 2.10 bits per heavy atom. The number of hydrogen-bond donors (Lipinski definition) is 1. The average Bonchev–Trinajstić information content (AvgIpc) is 2.99. The highest BCUT2D eigenvalue weighted by molar-refractivity contribution is 7.99. The van der Waals surface area contributed by atoms with Gasteiger partial charge in [-0.3, -0.25) is 10.0 Å². The predicted molar refractivity (Wildman–Crippen MR) is 105 cm³/mol. The summed E-state index contributed by atoms with van der Waals surface area (Å²) in [7, 11) is 0. The van der Waals surface area contributed by atoms with E-state index in [4.69, 9.17) is 11.6 Å². The zero-order valence-electron chi connectivity index (χ0n) is 15.4. The zero-order chi connectivity index (χ0) is 21.6. The largest absolute Gasteiger partial charge is 0.389 e. The molecule has 0 spiro atoms. The molecule has 0 radical (unpaired) electrons. The Balaban J connectivity index is 1.98. The second-order valence-electron chi connectivity index (χ2n) is 5.96. The molecule has 0 atom stereocenters. The molecule has 0 saturated carbocycles. The molecule has 1 N–H and O–H groups in total. The van der Waals surface area contributed by atoms with Crippen molar-refractivity contribution in [2.75, 3.05) is 23.0 Å². The number of pyridine rings is 1. The summed E-state index contributed by atoms with van der Waals surface area (Å²) in [5.74, 6) is -0.177. The van der Waals surface area contributed by atoms with Crippen molar-refractivity contribution < 1.29 is 32.3 Å². The summed E-state index contributed by atoms with van der Waals surface area (Å²) in [4.78, 5) is 18.1. The topological polar surface area (TPSA) is 57.3 Å². The van der Waals surface area contributed by atoms with Gasteiger partial charge in [0.05, 0.1) is 5.56 Å². The van der Waals surface area contributed by atoms with Crippen molar-refractivity contribution in [2.45, 2.75) is 32.4 Å². The van der Waals surface area contributed by atoms with Gasteiger partial charge in [-0.1, -0.05) is 22.9 Å². The number of hydrogen-bond acceptors (Lipinski definition) is 5. The number of alkyl halides is 3. The van der Waals surface area contributed by atoms with Crippen LogP contribution in [0.25, 0.3) is 10.6 Å². The van der Waals surface area contributed by atoms with E-state index >= 15 is 0 Å². The minimum atomic E-state index is -4.16. The van der Waals surface area contributed by atoms with E-state index < -0.39 is 18.4 Å². The number of thioether (sulfide) groups is 1. The fourth-order valence-electron chi connectivity index (χ4n) is 2.43. The minimum Gasteiger partial charge on any atom is -0.301 e. The molecule has 2 rings (SSSR count). The summed E-state index contributed by atoms with van der Waals surface area (Å²) in [5, 5.41) is 10.3. The lowest BCUT2D eigenvalue weighted by Gasteiger charge is -2.19. The molecule has 0 aromatic carbocycles. The van der Waals surface area contributed by atoms with Gasteiger partial charge < -0.3 is 4.90 Å². The third-order valence-corrected chi connectivity index (χ3v) is 6.28. The van der Waals surface area contributed by atoms with Crippen molar-refractivity contribution in [1.82, 2.24) is 4.98 Å². The van der Waals surface area contributed by atoms with E-state index in [1.165, 1.54) is 28.9 Å². The fraction of sp³-hybridized carbons (Fsp3) is 0.471. The van der Waals surface area contributed by atoms with Crippen LogP contribution in [0.4, 0.5) is 22.6 Å². The Kier molecular flexibility index (Phi) is 8.53. The maximum atomic E-state index is 13.5. The smallest absolute Gasteiger partial charge is 0.301 e. The van der Waals surface area contributed by atoms with Crippen LogP contribution in [-0.2, 0) is 4.79 Å². The van der Waals surface area contributed by atoms with Gasteiger partial charge in [0.2, 0.25) is 12.1 Å². The van der Waals surface area contributed by atoms with Gasteiger partial charge in [0.1, 0.15) is 10.0 Å². The van der Waals surface area contributed by atoms with Crippen LogP contribution in [0.2, 0.25) is 5.15 Å². The first-order valence-corrected chi connectivity index (χ1v) is 11.0. The molecule has 0 saturated heterocycles. The first-order valence-electron chi connectivity index (χ1n) is 8.63. The first kappa shape index (κ1) is 23.7. The van der Waals surface area contributed by atoms with Gasteiger partial charge in [0.25, 0.3) is 6.20 Å². The Labute approximate surface area is 178 Å². The fourth-order valence-corrected chi connectivity index (χ4v) is 4.68. The Morgan fingerprint density at radius 3 is 2.72 bits per heavy atom. The number of carbonyl (C=O) groups is 1. The number of halogens is 5. The molecule has 0 aliphatic carbocycles. The Morgan fingerprint density at radius 1 is 1.38 bits per heavy atom. The van der Waals surface area contributed by atoms with Gasteiger partial charge in [-0.15, -0.1) is 0 Å². The molecule has 2 aromatic rings. The molecule has 0 aliphatic rings. The monoisotopic (exact) mass is 472 g/mol. The number of anilines is 1. The molecule has 0 bridgehead atoms. The van der Waals surface area contributed by atoms with Crippen LogP contribution in [0.1, 0.15) is 26.2 Å². The summed E-state index contributed by atoms with van der Waals surface area (Å²) in [5.41, 5.74) is 0.300. The molecule has 12 heteroatoms. The van der Waals surface area contributed by atoms with Crippen molar-refractivity contribution in [3.63, 3.8) is 0 Å². The molecule has 5 nitrogen and oxygen atoms in total. The van der Waals surface area contributed by atoms with Crippen molar-refractivity contribution in [1.29, 1.82) is 0 Å². The van der Waals surface area contributed by atoms with Gasteiger partial charge in [-0.25, -0.2) is 9.37 Å². The van der Waals surface area contributed by atoms with E-state index in [0.29, 0.717) is 38.4 Å². The van der Waals surface area contributed by atoms with Gasteiger partial charge in [0, 0.05) is 29.9 Å². The average molecular weight is 473 g/mol. The third-order valence-electron chi connectivity index (χ3n) is 3.71. The maximum absolute atomic E-state index is 13.5. The SMILES string of the molecule is CCN(C(=O)CCSCCCC(F)(F)F)c1sc(-c2cc(F)c[n+](O)c2)nc1Cl. The quantitative estimate of drug-likeness (QED) is 0.243. The molecule has 29 heavy (non-hydrogen) atoms. The Hall–Kier alpha value is -1.59. The van der Waals surface area contributed by atoms with Gasteiger partial charge in [-0.05, 0) is 25.2 Å². The molecule has 2 aromatic heterocycles. The standard InChI is InChI=1S/C17H19ClF4N3O2S2/c1-2-25(13(26)4-7-28-6-3-5-17(20,21)22)16-14(18)23-15(29-16)11-8-12(19)10-24(27)9-11/h8-10,27H,2-7H2,1H3/q+1. The summed E-state index contributed by atoms with van der Waals surface area (Å²) in [6, 6.07) is 1.18. The number of thiazole rings is 1. The molecular formula is C17H19ClF4N3O2S2+. The minimum absolute atomic E-state index is 0.0162. The van der Waals surface area contributed by atoms with Crippen molar-refractivity contribution >= 4 is 45.6 Å². The zero-order valence-corrected chi connectivity index (χ0v) is 17.8. The third kappa shape index (κ3) is 7.31. The maximum Gasteiger partial charge on any atom is 0.389 e. The van der Waals surface area contributed by atoms with E-state index in [1.807, 2.05) is 0 Å². The van der Waals surface area contributed by atoms with Crippen molar-refractivity contribution in [3.8, 4) is 10.6 Å². The lowest BCUT2D eigenvalue weighted by molar-refractivity contribution is -0.905. The highest BCUT2D eigenvalue weighted by Gasteiger charge is 2.26. The number of rotatable bonds is 9. The van der Waals surface area contributed by atoms with Crippen molar-refractivity contribution in [2.24, 2.45) is 0 Å². The molecule has 2 heterocycles. The summed E-state index contributed by atoms with van der Waals surface area (Å²) in [6.07, 6.45) is -2.69. The first-order chi connectivity index (χ1) is 13.6. The van der Waals surface area contributed by atoms with Crippen LogP contribution in [0.15, 0.2) is 18.5 Å². The molecule has 0 unspecified atom stereocenters. The van der Waals surface area contributed by atoms with Crippen LogP contribution >= 0.6 is 34.7 Å². The Bertz CT molecular complexity index is 828. The lowest BCUT2D eigenvalue weighted by atomic mass is 10.3. The molecule has 1 amide bonds. The number of nitrogens with zero attached hydrogens (tertiary/aromatic N) is 3. The van der Waals surface area contributed by atoms with Crippen LogP contribution < -0.4 is 9.63 Å². The number of aromatic nitrogens is 2. The molecular weight excluding hydrogens is 454 g/mol. The molecule has 0 aliphatic heterocycles. The van der Waals surface area contributed by atoms with Crippen LogP contribution in [-0.4, -0.2) is 40.3 Å². The predicted octanol–water partition coefficient (Wildman–Crippen LogP) is 4.95. The van der Waals surface area contributed by atoms with E-state index in [2.05, 4.69) is 4.98 Å². The highest BCUT2D eigenvalue weighted by atomic mass is 35.5. The lowest BCUT2D eigenvalue weighted by Crippen LogP contribution is -2.30. The van der Waals surface area contributed by atoms with Gasteiger partial charge >= 0.3 is 6.18 Å². The van der Waals surface area contributed by atoms with E-state index in [-0.39, 0.29) is 23.9 Å². The van der Waals surface area contributed by atoms with Crippen LogP contribution in [0.5, 0.6) is 0 Å². The molecule has 0 fully saturated rings. The summed E-state index contributed by atoms with van der Waals surface area (Å²) >= 11 is 8.54. The van der Waals surface area contributed by atoms with Gasteiger partial charge in [0.15, 0.2) is 11.0 Å². The summed E-state index contributed by atoms with van der Waals surface area (Å²) < 4.78 is 50.4. The van der Waals surface area contributed by atoms with E-state index in [9.17, 15) is 27.6 Å². The van der Waals surface area contributed by atoms with Crippen LogP contribution in [0, 0.1) is 5.82 Å². The van der Waals surface area contributed by atoms with Crippen molar-refractivity contribution in [3.05, 3.63) is 29.4 Å². The van der Waals surface area contributed by atoms with Gasteiger partial charge in [-0.2, -0.15) is 24.9 Å². The van der Waals surface area contributed by atoms with E-state index in [0.717, 1.165) is 17.5 Å². The number of amides is 1. The normalized spacial score (nSPS) is 11.7. The second-order valence-corrected chi connectivity index (χ2v) is 8.52. The second kappa shape index (κ2) is 10.4. The summed E-state index contributed by atoms with van der Waals surface area (Å²) in [6.45, 7) is 2.08. The van der Waals surface area contributed by atoms with Crippen LogP contribution in [0.3, 0.4) is 0 Å². The highest BCUT2D eigenvalue weighted by Crippen LogP contribution is 2.37.